The van der Waals surface area contributed by atoms with Crippen LogP contribution in [0, 0.1) is 11.8 Å². The number of nitrogens with zero attached hydrogens (tertiary/aromatic N) is 1. The number of carboxylic acids is 1. The van der Waals surface area contributed by atoms with Crippen molar-refractivity contribution in [3.05, 3.63) is 42.0 Å². The number of likely N-dealkylation sites (tertiary alicyclic amines) is 1. The number of carbonyl (C=O) groups excluding carboxylic acids is 1. The molecule has 0 bridgehead atoms. The van der Waals surface area contributed by atoms with E-state index in [-0.39, 0.29) is 23.8 Å². The van der Waals surface area contributed by atoms with Gasteiger partial charge in [0.05, 0.1) is 12.0 Å². The van der Waals surface area contributed by atoms with Gasteiger partial charge in [-0.05, 0) is 37.7 Å². The number of aliphatic carboxylic acids is 1. The van der Waals surface area contributed by atoms with E-state index >= 15 is 0 Å². The number of amides is 1. The second-order valence-corrected chi connectivity index (χ2v) is 7.26. The van der Waals surface area contributed by atoms with Gasteiger partial charge in [-0.25, -0.2) is 0 Å². The normalized spacial score (nSPS) is 27.4. The van der Waals surface area contributed by atoms with E-state index in [1.807, 2.05) is 23.1 Å². The minimum atomic E-state index is -0.758. The molecule has 4 heteroatoms. The quantitative estimate of drug-likeness (QED) is 0.901. The first-order chi connectivity index (χ1) is 12.1. The van der Waals surface area contributed by atoms with E-state index in [1.165, 1.54) is 0 Å². The minimum absolute atomic E-state index is 0.119. The van der Waals surface area contributed by atoms with E-state index in [0.29, 0.717) is 19.3 Å². The molecule has 1 aromatic rings. The molecule has 2 fully saturated rings. The molecule has 1 saturated heterocycles. The average molecular weight is 341 g/mol. The zero-order chi connectivity index (χ0) is 17.6. The molecule has 4 nitrogen and oxygen atoms in total. The monoisotopic (exact) mass is 341 g/mol. The third-order valence-electron chi connectivity index (χ3n) is 5.52. The smallest absolute Gasteiger partial charge is 0.306 e. The topological polar surface area (TPSA) is 57.6 Å². The van der Waals surface area contributed by atoms with Crippen molar-refractivity contribution in [2.24, 2.45) is 11.8 Å². The fourth-order valence-electron chi connectivity index (χ4n) is 4.06. The van der Waals surface area contributed by atoms with Crippen LogP contribution in [-0.2, 0) is 9.59 Å². The van der Waals surface area contributed by atoms with Gasteiger partial charge in [0.25, 0.3) is 0 Å². The molecule has 134 valence electrons. The molecule has 1 aromatic carbocycles. The highest BCUT2D eigenvalue weighted by Crippen LogP contribution is 2.34. The van der Waals surface area contributed by atoms with Gasteiger partial charge in [0, 0.05) is 12.5 Å². The van der Waals surface area contributed by atoms with Gasteiger partial charge >= 0.3 is 5.97 Å². The van der Waals surface area contributed by atoms with Crippen LogP contribution in [0.3, 0.4) is 0 Å². The molecule has 1 heterocycles. The molecule has 0 aromatic heterocycles. The third-order valence-corrected chi connectivity index (χ3v) is 5.52. The largest absolute Gasteiger partial charge is 0.481 e. The van der Waals surface area contributed by atoms with Crippen LogP contribution in [0.5, 0.6) is 0 Å². The Kier molecular flexibility index (Phi) is 5.90. The Hall–Kier alpha value is -2.10. The number of carboxylic acid groups (broad SMARTS) is 1. The number of hydrogen-bond acceptors (Lipinski definition) is 2. The second-order valence-electron chi connectivity index (χ2n) is 7.26. The van der Waals surface area contributed by atoms with Crippen LogP contribution in [0.4, 0.5) is 0 Å². The highest BCUT2D eigenvalue weighted by molar-refractivity contribution is 5.81. The van der Waals surface area contributed by atoms with Crippen molar-refractivity contribution in [1.82, 2.24) is 4.90 Å². The summed E-state index contributed by atoms with van der Waals surface area (Å²) in [5.74, 6) is -1.06. The molecule has 1 aliphatic carbocycles. The number of benzene rings is 1. The Morgan fingerprint density at radius 3 is 2.48 bits per heavy atom. The van der Waals surface area contributed by atoms with Crippen LogP contribution in [0.2, 0.25) is 0 Å². The molecule has 2 aliphatic rings. The molecule has 3 atom stereocenters. The van der Waals surface area contributed by atoms with Crippen LogP contribution >= 0.6 is 0 Å². The first-order valence-electron chi connectivity index (χ1n) is 9.41. The Balaban J connectivity index is 1.71. The summed E-state index contributed by atoms with van der Waals surface area (Å²) in [6.07, 6.45) is 10.4. The van der Waals surface area contributed by atoms with E-state index < -0.39 is 5.97 Å². The van der Waals surface area contributed by atoms with Crippen molar-refractivity contribution in [3.8, 4) is 0 Å². The molecule has 0 spiro atoms. The van der Waals surface area contributed by atoms with E-state index in [4.69, 9.17) is 0 Å². The van der Waals surface area contributed by atoms with Gasteiger partial charge < -0.3 is 10.0 Å². The second kappa shape index (κ2) is 8.32. The number of rotatable bonds is 4. The van der Waals surface area contributed by atoms with Crippen molar-refractivity contribution in [2.75, 3.05) is 6.54 Å². The Morgan fingerprint density at radius 1 is 1.00 bits per heavy atom. The maximum Gasteiger partial charge on any atom is 0.306 e. The summed E-state index contributed by atoms with van der Waals surface area (Å²) in [7, 11) is 0. The SMILES string of the molecule is O=C(O)[C@@H]1CC[C@H](C(=O)N2CCCCCC2/C=C/c2ccccc2)C1. The molecule has 0 radical (unpaired) electrons. The highest BCUT2D eigenvalue weighted by Gasteiger charge is 2.37. The zero-order valence-electron chi connectivity index (χ0n) is 14.6. The summed E-state index contributed by atoms with van der Waals surface area (Å²) in [6, 6.07) is 10.3. The highest BCUT2D eigenvalue weighted by atomic mass is 16.4. The van der Waals surface area contributed by atoms with Gasteiger partial charge in [-0.3, -0.25) is 9.59 Å². The van der Waals surface area contributed by atoms with Crippen molar-refractivity contribution in [3.63, 3.8) is 0 Å². The molecule has 1 saturated carbocycles. The van der Waals surface area contributed by atoms with Crippen molar-refractivity contribution >= 4 is 18.0 Å². The van der Waals surface area contributed by atoms with Gasteiger partial charge in [0.2, 0.25) is 5.91 Å². The summed E-state index contributed by atoms with van der Waals surface area (Å²) in [5, 5.41) is 9.19. The van der Waals surface area contributed by atoms with Crippen molar-refractivity contribution in [1.29, 1.82) is 0 Å². The molecule has 1 N–H and O–H groups in total. The fourth-order valence-corrected chi connectivity index (χ4v) is 4.06. The molecular weight excluding hydrogens is 314 g/mol. The molecule has 1 amide bonds. The summed E-state index contributed by atoms with van der Waals surface area (Å²) >= 11 is 0. The fraction of sp³-hybridized carbons (Fsp3) is 0.524. The lowest BCUT2D eigenvalue weighted by Gasteiger charge is -2.30. The third kappa shape index (κ3) is 4.50. The van der Waals surface area contributed by atoms with Gasteiger partial charge in [0.1, 0.15) is 0 Å². The maximum atomic E-state index is 13.0. The standard InChI is InChI=1S/C21H27NO3/c23-20(17-11-12-18(15-17)21(24)25)22-14-6-2-5-9-19(22)13-10-16-7-3-1-4-8-16/h1,3-4,7-8,10,13,17-19H,2,5-6,9,11-12,14-15H2,(H,24,25)/b13-10+/t17-,18+,19?/m0/s1. The lowest BCUT2D eigenvalue weighted by atomic mass is 10.0. The van der Waals surface area contributed by atoms with Crippen LogP contribution < -0.4 is 0 Å². The zero-order valence-corrected chi connectivity index (χ0v) is 14.6. The predicted octanol–water partition coefficient (Wildman–Crippen LogP) is 3.97. The van der Waals surface area contributed by atoms with Crippen LogP contribution in [0.1, 0.15) is 50.5 Å². The van der Waals surface area contributed by atoms with Gasteiger partial charge in [0.15, 0.2) is 0 Å². The maximum absolute atomic E-state index is 13.0. The average Bonchev–Trinajstić information content (AvgIpc) is 3.01. The van der Waals surface area contributed by atoms with E-state index in [1.54, 1.807) is 0 Å². The lowest BCUT2D eigenvalue weighted by molar-refractivity contribution is -0.141. The molecule has 3 rings (SSSR count). The predicted molar refractivity (Wildman–Crippen MR) is 97.9 cm³/mol. The van der Waals surface area contributed by atoms with E-state index in [9.17, 15) is 14.7 Å². The Morgan fingerprint density at radius 2 is 1.76 bits per heavy atom. The Bertz CT molecular complexity index is 625. The van der Waals surface area contributed by atoms with Gasteiger partial charge in [-0.1, -0.05) is 55.3 Å². The number of hydrogen-bond donors (Lipinski definition) is 1. The first-order valence-corrected chi connectivity index (χ1v) is 9.41. The lowest BCUT2D eigenvalue weighted by Crippen LogP contribution is -2.42. The Labute approximate surface area is 149 Å². The van der Waals surface area contributed by atoms with Crippen molar-refractivity contribution in [2.45, 2.75) is 51.0 Å². The summed E-state index contributed by atoms with van der Waals surface area (Å²) in [6.45, 7) is 0.789. The molecular formula is C21H27NO3. The first kappa shape index (κ1) is 17.7. The van der Waals surface area contributed by atoms with Crippen molar-refractivity contribution < 1.29 is 14.7 Å². The van der Waals surface area contributed by atoms with Gasteiger partial charge in [-0.15, -0.1) is 0 Å². The van der Waals surface area contributed by atoms with Crippen LogP contribution in [0.15, 0.2) is 36.4 Å². The molecule has 1 unspecified atom stereocenters. The number of carbonyl (C=O) groups is 2. The van der Waals surface area contributed by atoms with Crippen LogP contribution in [0.25, 0.3) is 6.08 Å². The summed E-state index contributed by atoms with van der Waals surface area (Å²) in [5.41, 5.74) is 1.14. The minimum Gasteiger partial charge on any atom is -0.481 e. The van der Waals surface area contributed by atoms with Gasteiger partial charge in [-0.2, -0.15) is 0 Å². The van der Waals surface area contributed by atoms with E-state index in [2.05, 4.69) is 24.3 Å². The molecule has 25 heavy (non-hydrogen) atoms. The molecule has 1 aliphatic heterocycles. The summed E-state index contributed by atoms with van der Waals surface area (Å²) in [4.78, 5) is 26.2. The summed E-state index contributed by atoms with van der Waals surface area (Å²) < 4.78 is 0. The van der Waals surface area contributed by atoms with Crippen LogP contribution in [-0.4, -0.2) is 34.5 Å². The van der Waals surface area contributed by atoms with E-state index in [0.717, 1.165) is 37.8 Å².